The van der Waals surface area contributed by atoms with Gasteiger partial charge in [0.15, 0.2) is 0 Å². The van der Waals surface area contributed by atoms with Crippen molar-refractivity contribution in [1.29, 1.82) is 0 Å². The van der Waals surface area contributed by atoms with Crippen LogP contribution in [0, 0.1) is 17.8 Å². The van der Waals surface area contributed by atoms with Gasteiger partial charge in [0.2, 0.25) is 0 Å². The predicted octanol–water partition coefficient (Wildman–Crippen LogP) is 4.12. The minimum atomic E-state index is 0.671. The molecule has 20 heavy (non-hydrogen) atoms. The second-order valence-electron chi connectivity index (χ2n) is 6.42. The fraction of sp³-hybridized carbons (Fsp3) is 0.667. The molecule has 1 aliphatic carbocycles. The highest BCUT2D eigenvalue weighted by molar-refractivity contribution is 5.20. The molecule has 3 atom stereocenters. The maximum absolute atomic E-state index is 5.87. The third-order valence-corrected chi connectivity index (χ3v) is 4.84. The Hall–Kier alpha value is -1.02. The van der Waals surface area contributed by atoms with Crippen molar-refractivity contribution in [1.82, 2.24) is 5.32 Å². The third kappa shape index (κ3) is 4.24. The van der Waals surface area contributed by atoms with Crippen molar-refractivity contribution < 1.29 is 4.74 Å². The molecule has 0 aromatic heterocycles. The Bertz CT molecular complexity index is 376. The molecular formula is C18H29NO. The van der Waals surface area contributed by atoms with E-state index in [1.54, 1.807) is 0 Å². The van der Waals surface area contributed by atoms with Crippen LogP contribution in [0.1, 0.15) is 39.5 Å². The normalized spacial score (nSPS) is 26.7. The lowest BCUT2D eigenvalue weighted by Crippen LogP contribution is -2.40. The van der Waals surface area contributed by atoms with Gasteiger partial charge in [-0.25, -0.2) is 0 Å². The number of ether oxygens (including phenoxy) is 1. The van der Waals surface area contributed by atoms with Crippen molar-refractivity contribution in [3.05, 3.63) is 30.3 Å². The van der Waals surface area contributed by atoms with E-state index in [1.807, 2.05) is 30.3 Å². The van der Waals surface area contributed by atoms with E-state index in [1.165, 1.54) is 19.3 Å². The van der Waals surface area contributed by atoms with Gasteiger partial charge in [-0.3, -0.25) is 0 Å². The van der Waals surface area contributed by atoms with E-state index in [4.69, 9.17) is 4.74 Å². The molecule has 1 aromatic rings. The van der Waals surface area contributed by atoms with E-state index in [0.29, 0.717) is 6.04 Å². The molecule has 1 aliphatic rings. The van der Waals surface area contributed by atoms with Crippen molar-refractivity contribution in [3.8, 4) is 5.75 Å². The number of hydrogen-bond donors (Lipinski definition) is 1. The van der Waals surface area contributed by atoms with E-state index in [0.717, 1.165) is 36.5 Å². The van der Waals surface area contributed by atoms with Crippen LogP contribution in [0.3, 0.4) is 0 Å². The first-order chi connectivity index (χ1) is 9.70. The number of nitrogens with one attached hydrogen (secondary N) is 1. The zero-order valence-electron chi connectivity index (χ0n) is 13.1. The van der Waals surface area contributed by atoms with E-state index >= 15 is 0 Å². The van der Waals surface area contributed by atoms with E-state index in [9.17, 15) is 0 Å². The molecule has 2 rings (SSSR count). The molecule has 1 aromatic carbocycles. The molecule has 2 heteroatoms. The Kier molecular flexibility index (Phi) is 5.90. The number of rotatable bonds is 6. The van der Waals surface area contributed by atoms with Gasteiger partial charge in [-0.05, 0) is 62.6 Å². The summed E-state index contributed by atoms with van der Waals surface area (Å²) in [5.74, 6) is 3.45. The molecule has 0 spiro atoms. The number of para-hydroxylation sites is 1. The van der Waals surface area contributed by atoms with Crippen LogP contribution in [0.2, 0.25) is 0 Å². The quantitative estimate of drug-likeness (QED) is 0.843. The van der Waals surface area contributed by atoms with Gasteiger partial charge < -0.3 is 10.1 Å². The SMILES string of the molecule is CNC1CCC(C(C)C)CC1CCOc1ccccc1. The molecule has 0 amide bonds. The van der Waals surface area contributed by atoms with Gasteiger partial charge in [0.05, 0.1) is 6.61 Å². The Morgan fingerprint density at radius 1 is 1.20 bits per heavy atom. The highest BCUT2D eigenvalue weighted by Crippen LogP contribution is 2.35. The van der Waals surface area contributed by atoms with Crippen molar-refractivity contribution >= 4 is 0 Å². The summed E-state index contributed by atoms with van der Waals surface area (Å²) in [5, 5.41) is 3.51. The zero-order valence-corrected chi connectivity index (χ0v) is 13.1. The second-order valence-corrected chi connectivity index (χ2v) is 6.42. The number of benzene rings is 1. The fourth-order valence-corrected chi connectivity index (χ4v) is 3.45. The molecule has 2 nitrogen and oxygen atoms in total. The highest BCUT2D eigenvalue weighted by Gasteiger charge is 2.30. The van der Waals surface area contributed by atoms with Gasteiger partial charge in [-0.15, -0.1) is 0 Å². The Morgan fingerprint density at radius 2 is 1.95 bits per heavy atom. The molecule has 0 aliphatic heterocycles. The van der Waals surface area contributed by atoms with Crippen molar-refractivity contribution in [2.75, 3.05) is 13.7 Å². The van der Waals surface area contributed by atoms with Crippen LogP contribution < -0.4 is 10.1 Å². The molecule has 0 heterocycles. The third-order valence-electron chi connectivity index (χ3n) is 4.84. The maximum atomic E-state index is 5.87. The largest absolute Gasteiger partial charge is 0.494 e. The summed E-state index contributed by atoms with van der Waals surface area (Å²) in [6.45, 7) is 5.56. The minimum Gasteiger partial charge on any atom is -0.494 e. The molecule has 1 saturated carbocycles. The van der Waals surface area contributed by atoms with Gasteiger partial charge in [-0.2, -0.15) is 0 Å². The summed E-state index contributed by atoms with van der Waals surface area (Å²) in [4.78, 5) is 0. The first kappa shape index (κ1) is 15.4. The van der Waals surface area contributed by atoms with Gasteiger partial charge in [0.25, 0.3) is 0 Å². The second kappa shape index (κ2) is 7.68. The standard InChI is InChI=1S/C18H29NO/c1-14(2)15-9-10-18(19-3)16(13-15)11-12-20-17-7-5-4-6-8-17/h4-8,14-16,18-19H,9-13H2,1-3H3. The molecule has 0 bridgehead atoms. The highest BCUT2D eigenvalue weighted by atomic mass is 16.5. The van der Waals surface area contributed by atoms with Crippen molar-refractivity contribution in [2.45, 2.75) is 45.6 Å². The van der Waals surface area contributed by atoms with Crippen LogP contribution in [0.4, 0.5) is 0 Å². The maximum Gasteiger partial charge on any atom is 0.119 e. The van der Waals surface area contributed by atoms with E-state index in [2.05, 4.69) is 26.2 Å². The zero-order chi connectivity index (χ0) is 14.4. The van der Waals surface area contributed by atoms with E-state index < -0.39 is 0 Å². The first-order valence-corrected chi connectivity index (χ1v) is 8.05. The number of hydrogen-bond acceptors (Lipinski definition) is 2. The van der Waals surface area contributed by atoms with Gasteiger partial charge in [0, 0.05) is 6.04 Å². The monoisotopic (exact) mass is 275 g/mol. The summed E-state index contributed by atoms with van der Waals surface area (Å²) >= 11 is 0. The van der Waals surface area contributed by atoms with E-state index in [-0.39, 0.29) is 0 Å². The van der Waals surface area contributed by atoms with Crippen molar-refractivity contribution in [3.63, 3.8) is 0 Å². The molecule has 1 fully saturated rings. The Morgan fingerprint density at radius 3 is 2.60 bits per heavy atom. The van der Waals surface area contributed by atoms with Crippen LogP contribution in [0.15, 0.2) is 30.3 Å². The first-order valence-electron chi connectivity index (χ1n) is 8.05. The summed E-state index contributed by atoms with van der Waals surface area (Å²) in [5.41, 5.74) is 0. The fourth-order valence-electron chi connectivity index (χ4n) is 3.45. The van der Waals surface area contributed by atoms with Gasteiger partial charge in [-0.1, -0.05) is 32.0 Å². The van der Waals surface area contributed by atoms with Crippen LogP contribution in [0.25, 0.3) is 0 Å². The minimum absolute atomic E-state index is 0.671. The van der Waals surface area contributed by atoms with Crippen LogP contribution in [-0.4, -0.2) is 19.7 Å². The summed E-state index contributed by atoms with van der Waals surface area (Å²) < 4.78 is 5.87. The summed E-state index contributed by atoms with van der Waals surface area (Å²) in [6.07, 6.45) is 5.19. The topological polar surface area (TPSA) is 21.3 Å². The van der Waals surface area contributed by atoms with Crippen molar-refractivity contribution in [2.24, 2.45) is 17.8 Å². The predicted molar refractivity (Wildman–Crippen MR) is 85.1 cm³/mol. The molecule has 112 valence electrons. The molecule has 3 unspecified atom stereocenters. The average molecular weight is 275 g/mol. The molecule has 1 N–H and O–H groups in total. The Labute approximate surface area is 123 Å². The smallest absolute Gasteiger partial charge is 0.119 e. The molecule has 0 saturated heterocycles. The molecular weight excluding hydrogens is 246 g/mol. The van der Waals surface area contributed by atoms with Crippen LogP contribution in [-0.2, 0) is 0 Å². The lowest BCUT2D eigenvalue weighted by molar-refractivity contribution is 0.147. The van der Waals surface area contributed by atoms with Gasteiger partial charge in [0.1, 0.15) is 5.75 Å². The lowest BCUT2D eigenvalue weighted by atomic mass is 9.72. The van der Waals surface area contributed by atoms with Crippen LogP contribution in [0.5, 0.6) is 5.75 Å². The van der Waals surface area contributed by atoms with Crippen LogP contribution >= 0.6 is 0 Å². The molecule has 0 radical (unpaired) electrons. The lowest BCUT2D eigenvalue weighted by Gasteiger charge is -2.37. The van der Waals surface area contributed by atoms with Gasteiger partial charge >= 0.3 is 0 Å². The summed E-state index contributed by atoms with van der Waals surface area (Å²) in [7, 11) is 2.10. The Balaban J connectivity index is 1.82. The average Bonchev–Trinajstić information content (AvgIpc) is 2.48. The summed E-state index contributed by atoms with van der Waals surface area (Å²) in [6, 6.07) is 10.8.